The Bertz CT molecular complexity index is 141. The molecule has 0 aromatic rings. The monoisotopic (exact) mass is 186 g/mol. The lowest BCUT2D eigenvalue weighted by Gasteiger charge is -2.39. The van der Waals surface area contributed by atoms with Crippen LogP contribution in [-0.4, -0.2) is 60.8 Å². The highest BCUT2D eigenvalue weighted by Crippen LogP contribution is 2.11. The van der Waals surface area contributed by atoms with Gasteiger partial charge in [0.05, 0.1) is 0 Å². The van der Waals surface area contributed by atoms with Crippen molar-refractivity contribution in [2.24, 2.45) is 0 Å². The molecule has 1 saturated heterocycles. The molecule has 78 valence electrons. The van der Waals surface area contributed by atoms with Gasteiger partial charge in [-0.3, -0.25) is 4.90 Å². The highest BCUT2D eigenvalue weighted by atomic mass is 16.3. The zero-order chi connectivity index (χ0) is 9.68. The van der Waals surface area contributed by atoms with Gasteiger partial charge in [0.15, 0.2) is 0 Å². The Balaban J connectivity index is 2.40. The van der Waals surface area contributed by atoms with E-state index < -0.39 is 0 Å². The SMILES string of the molecule is CCCN1CCN(C)CC1CCO. The molecule has 0 bridgehead atoms. The summed E-state index contributed by atoms with van der Waals surface area (Å²) in [5.74, 6) is 0. The molecule has 1 rings (SSSR count). The second-order valence-electron chi connectivity index (χ2n) is 3.96. The lowest BCUT2D eigenvalue weighted by molar-refractivity contribution is 0.0727. The van der Waals surface area contributed by atoms with Gasteiger partial charge in [0.1, 0.15) is 0 Å². The minimum atomic E-state index is 0.318. The summed E-state index contributed by atoms with van der Waals surface area (Å²) in [6.45, 7) is 7.16. The summed E-state index contributed by atoms with van der Waals surface area (Å²) in [5.41, 5.74) is 0. The van der Waals surface area contributed by atoms with Gasteiger partial charge in [-0.1, -0.05) is 6.92 Å². The van der Waals surface area contributed by atoms with E-state index in [0.717, 1.165) is 19.5 Å². The second-order valence-corrected chi connectivity index (χ2v) is 3.96. The van der Waals surface area contributed by atoms with Gasteiger partial charge in [0.2, 0.25) is 0 Å². The van der Waals surface area contributed by atoms with Gasteiger partial charge in [-0.2, -0.15) is 0 Å². The topological polar surface area (TPSA) is 26.7 Å². The summed E-state index contributed by atoms with van der Waals surface area (Å²) in [6.07, 6.45) is 2.13. The number of aliphatic hydroxyl groups excluding tert-OH is 1. The molecule has 0 saturated carbocycles. The van der Waals surface area contributed by atoms with E-state index in [2.05, 4.69) is 23.8 Å². The normalized spacial score (nSPS) is 26.5. The minimum Gasteiger partial charge on any atom is -0.396 e. The fraction of sp³-hybridized carbons (Fsp3) is 1.00. The number of piperazine rings is 1. The molecule has 1 aliphatic rings. The third-order valence-corrected chi connectivity index (χ3v) is 2.78. The standard InChI is InChI=1S/C10H22N2O/c1-3-5-12-7-6-11(2)9-10(12)4-8-13/h10,13H,3-9H2,1-2H3. The Hall–Kier alpha value is -0.120. The number of rotatable bonds is 4. The number of nitrogens with zero attached hydrogens (tertiary/aromatic N) is 2. The summed E-state index contributed by atoms with van der Waals surface area (Å²) in [6, 6.07) is 0.573. The van der Waals surface area contributed by atoms with Crippen LogP contribution in [0.25, 0.3) is 0 Å². The highest BCUT2D eigenvalue weighted by Gasteiger charge is 2.23. The molecule has 3 nitrogen and oxygen atoms in total. The van der Waals surface area contributed by atoms with Crippen molar-refractivity contribution in [2.75, 3.05) is 39.8 Å². The van der Waals surface area contributed by atoms with Crippen LogP contribution in [-0.2, 0) is 0 Å². The van der Waals surface area contributed by atoms with Crippen LogP contribution in [0.5, 0.6) is 0 Å². The summed E-state index contributed by atoms with van der Waals surface area (Å²) < 4.78 is 0. The quantitative estimate of drug-likeness (QED) is 0.688. The predicted molar refractivity (Wildman–Crippen MR) is 54.9 cm³/mol. The van der Waals surface area contributed by atoms with Gasteiger partial charge in [-0.15, -0.1) is 0 Å². The molecule has 0 aromatic heterocycles. The average molecular weight is 186 g/mol. The molecular formula is C10H22N2O. The zero-order valence-electron chi connectivity index (χ0n) is 8.87. The maximum absolute atomic E-state index is 8.95. The molecule has 1 fully saturated rings. The smallest absolute Gasteiger partial charge is 0.0446 e. The van der Waals surface area contributed by atoms with Crippen molar-refractivity contribution in [1.29, 1.82) is 0 Å². The summed E-state index contributed by atoms with van der Waals surface area (Å²) in [7, 11) is 2.16. The Morgan fingerprint density at radius 2 is 2.15 bits per heavy atom. The molecule has 0 spiro atoms. The van der Waals surface area contributed by atoms with Gasteiger partial charge in [0.25, 0.3) is 0 Å². The fourth-order valence-electron chi connectivity index (χ4n) is 2.05. The van der Waals surface area contributed by atoms with Crippen LogP contribution in [0.4, 0.5) is 0 Å². The molecule has 1 N–H and O–H groups in total. The van der Waals surface area contributed by atoms with E-state index in [4.69, 9.17) is 5.11 Å². The van der Waals surface area contributed by atoms with Crippen LogP contribution in [0.3, 0.4) is 0 Å². The fourth-order valence-corrected chi connectivity index (χ4v) is 2.05. The van der Waals surface area contributed by atoms with Crippen LogP contribution in [0.1, 0.15) is 19.8 Å². The lowest BCUT2D eigenvalue weighted by atomic mass is 10.1. The van der Waals surface area contributed by atoms with Crippen molar-refractivity contribution in [2.45, 2.75) is 25.8 Å². The summed E-state index contributed by atoms with van der Waals surface area (Å²) in [4.78, 5) is 4.86. The van der Waals surface area contributed by atoms with E-state index in [1.165, 1.54) is 19.5 Å². The van der Waals surface area contributed by atoms with Gasteiger partial charge >= 0.3 is 0 Å². The van der Waals surface area contributed by atoms with Crippen molar-refractivity contribution >= 4 is 0 Å². The van der Waals surface area contributed by atoms with Crippen molar-refractivity contribution in [3.63, 3.8) is 0 Å². The summed E-state index contributed by atoms with van der Waals surface area (Å²) >= 11 is 0. The second kappa shape index (κ2) is 5.58. The van der Waals surface area contributed by atoms with Gasteiger partial charge in [0, 0.05) is 32.3 Å². The molecule has 1 aliphatic heterocycles. The first-order valence-electron chi connectivity index (χ1n) is 5.31. The van der Waals surface area contributed by atoms with E-state index in [0.29, 0.717) is 12.6 Å². The molecular weight excluding hydrogens is 164 g/mol. The van der Waals surface area contributed by atoms with E-state index in [1.54, 1.807) is 0 Å². The molecule has 0 aliphatic carbocycles. The first kappa shape index (κ1) is 11.0. The molecule has 0 amide bonds. The number of likely N-dealkylation sites (N-methyl/N-ethyl adjacent to an activating group) is 1. The van der Waals surface area contributed by atoms with Crippen molar-refractivity contribution in [3.8, 4) is 0 Å². The van der Waals surface area contributed by atoms with E-state index >= 15 is 0 Å². The first-order valence-corrected chi connectivity index (χ1v) is 5.31. The largest absolute Gasteiger partial charge is 0.396 e. The molecule has 3 heteroatoms. The van der Waals surface area contributed by atoms with Crippen LogP contribution >= 0.6 is 0 Å². The van der Waals surface area contributed by atoms with Crippen LogP contribution in [0, 0.1) is 0 Å². The molecule has 0 aromatic carbocycles. The Kier molecular flexibility index (Phi) is 4.70. The Morgan fingerprint density at radius 1 is 1.38 bits per heavy atom. The zero-order valence-corrected chi connectivity index (χ0v) is 8.87. The maximum atomic E-state index is 8.95. The van der Waals surface area contributed by atoms with Crippen molar-refractivity contribution < 1.29 is 5.11 Å². The highest BCUT2D eigenvalue weighted by molar-refractivity contribution is 4.80. The third-order valence-electron chi connectivity index (χ3n) is 2.78. The van der Waals surface area contributed by atoms with Crippen molar-refractivity contribution in [1.82, 2.24) is 9.80 Å². The maximum Gasteiger partial charge on any atom is 0.0446 e. The molecule has 1 unspecified atom stereocenters. The van der Waals surface area contributed by atoms with Crippen LogP contribution < -0.4 is 0 Å². The average Bonchev–Trinajstić information content (AvgIpc) is 2.10. The lowest BCUT2D eigenvalue weighted by Crippen LogP contribution is -2.52. The van der Waals surface area contributed by atoms with Gasteiger partial charge in [-0.05, 0) is 26.4 Å². The molecule has 1 atom stereocenters. The molecule has 0 radical (unpaired) electrons. The van der Waals surface area contributed by atoms with Crippen molar-refractivity contribution in [3.05, 3.63) is 0 Å². The molecule has 1 heterocycles. The number of hydrogen-bond acceptors (Lipinski definition) is 3. The molecule has 13 heavy (non-hydrogen) atoms. The Morgan fingerprint density at radius 3 is 2.77 bits per heavy atom. The first-order chi connectivity index (χ1) is 6.27. The predicted octanol–water partition coefficient (Wildman–Crippen LogP) is 0.395. The van der Waals surface area contributed by atoms with Crippen LogP contribution in [0.2, 0.25) is 0 Å². The number of hydrogen-bond donors (Lipinski definition) is 1. The number of aliphatic hydroxyl groups is 1. The van der Waals surface area contributed by atoms with Crippen LogP contribution in [0.15, 0.2) is 0 Å². The minimum absolute atomic E-state index is 0.318. The third kappa shape index (κ3) is 3.25. The van der Waals surface area contributed by atoms with E-state index in [9.17, 15) is 0 Å². The Labute approximate surface area is 81.3 Å². The van der Waals surface area contributed by atoms with E-state index in [1.807, 2.05) is 0 Å². The summed E-state index contributed by atoms with van der Waals surface area (Å²) in [5, 5.41) is 8.95. The van der Waals surface area contributed by atoms with Gasteiger partial charge < -0.3 is 10.0 Å². The van der Waals surface area contributed by atoms with E-state index in [-0.39, 0.29) is 0 Å². The van der Waals surface area contributed by atoms with Gasteiger partial charge in [-0.25, -0.2) is 0 Å².